The highest BCUT2D eigenvalue weighted by molar-refractivity contribution is 5.29. The summed E-state index contributed by atoms with van der Waals surface area (Å²) in [6, 6.07) is 9.21. The molecule has 1 aromatic rings. The summed E-state index contributed by atoms with van der Waals surface area (Å²) in [4.78, 5) is 0. The number of rotatable bonds is 7. The van der Waals surface area contributed by atoms with E-state index < -0.39 is 0 Å². The molecule has 0 aliphatic heterocycles. The summed E-state index contributed by atoms with van der Waals surface area (Å²) in [6.07, 6.45) is 7.76. The van der Waals surface area contributed by atoms with Gasteiger partial charge in [-0.3, -0.25) is 0 Å². The summed E-state index contributed by atoms with van der Waals surface area (Å²) in [5.41, 5.74) is 1.40. The molecule has 1 saturated carbocycles. The molecular formula is C19H31NO. The van der Waals surface area contributed by atoms with Gasteiger partial charge in [-0.25, -0.2) is 0 Å². The van der Waals surface area contributed by atoms with Crippen LogP contribution in [-0.2, 0) is 0 Å². The molecule has 0 bridgehead atoms. The Morgan fingerprint density at radius 1 is 1.14 bits per heavy atom. The molecule has 0 saturated heterocycles. The maximum absolute atomic E-state index is 5.75. The Morgan fingerprint density at radius 3 is 2.38 bits per heavy atom. The van der Waals surface area contributed by atoms with Crippen molar-refractivity contribution < 1.29 is 4.74 Å². The van der Waals surface area contributed by atoms with E-state index in [0.29, 0.717) is 6.04 Å². The number of benzene rings is 1. The second-order valence-corrected chi connectivity index (χ2v) is 6.56. The van der Waals surface area contributed by atoms with Gasteiger partial charge in [0, 0.05) is 6.04 Å². The van der Waals surface area contributed by atoms with Crippen LogP contribution in [0, 0.1) is 11.8 Å². The minimum atomic E-state index is 0.488. The lowest BCUT2D eigenvalue weighted by Crippen LogP contribution is -2.28. The first-order valence-corrected chi connectivity index (χ1v) is 8.64. The zero-order valence-electron chi connectivity index (χ0n) is 13.9. The molecule has 2 nitrogen and oxygen atoms in total. The average molecular weight is 289 g/mol. The summed E-state index contributed by atoms with van der Waals surface area (Å²) in [7, 11) is 2.09. The molecule has 1 atom stereocenters. The SMILES string of the molecule is CCCCOc1ccc(C(NC)C2CCC(C)CC2)cc1. The highest BCUT2D eigenvalue weighted by atomic mass is 16.5. The van der Waals surface area contributed by atoms with E-state index in [-0.39, 0.29) is 0 Å². The summed E-state index contributed by atoms with van der Waals surface area (Å²) in [5.74, 6) is 2.69. The molecule has 1 N–H and O–H groups in total. The number of hydrogen-bond donors (Lipinski definition) is 1. The molecule has 118 valence electrons. The van der Waals surface area contributed by atoms with Gasteiger partial charge in [0.1, 0.15) is 5.75 Å². The molecular weight excluding hydrogens is 258 g/mol. The van der Waals surface area contributed by atoms with Crippen molar-refractivity contribution >= 4 is 0 Å². The molecule has 0 aromatic heterocycles. The van der Waals surface area contributed by atoms with Crippen LogP contribution in [0.5, 0.6) is 5.75 Å². The lowest BCUT2D eigenvalue weighted by Gasteiger charge is -2.33. The Morgan fingerprint density at radius 2 is 1.81 bits per heavy atom. The lowest BCUT2D eigenvalue weighted by atomic mass is 9.77. The van der Waals surface area contributed by atoms with Crippen LogP contribution < -0.4 is 10.1 Å². The van der Waals surface area contributed by atoms with Crippen molar-refractivity contribution in [2.75, 3.05) is 13.7 Å². The number of ether oxygens (including phenoxy) is 1. The van der Waals surface area contributed by atoms with E-state index >= 15 is 0 Å². The summed E-state index contributed by atoms with van der Waals surface area (Å²) in [5, 5.41) is 3.53. The Labute approximate surface area is 130 Å². The Hall–Kier alpha value is -1.02. The first-order valence-electron chi connectivity index (χ1n) is 8.64. The second kappa shape index (κ2) is 8.43. The fraction of sp³-hybridized carbons (Fsp3) is 0.684. The van der Waals surface area contributed by atoms with Crippen LogP contribution in [0.4, 0.5) is 0 Å². The normalized spacial score (nSPS) is 23.8. The maximum Gasteiger partial charge on any atom is 0.119 e. The Kier molecular flexibility index (Phi) is 6.56. The fourth-order valence-corrected chi connectivity index (χ4v) is 3.40. The van der Waals surface area contributed by atoms with Gasteiger partial charge >= 0.3 is 0 Å². The molecule has 1 aliphatic carbocycles. The average Bonchev–Trinajstić information content (AvgIpc) is 2.52. The van der Waals surface area contributed by atoms with E-state index in [4.69, 9.17) is 4.74 Å². The molecule has 2 heteroatoms. The molecule has 1 aliphatic rings. The van der Waals surface area contributed by atoms with Gasteiger partial charge in [0.2, 0.25) is 0 Å². The number of unbranched alkanes of at least 4 members (excludes halogenated alkanes) is 1. The van der Waals surface area contributed by atoms with Crippen molar-refractivity contribution in [3.63, 3.8) is 0 Å². The van der Waals surface area contributed by atoms with E-state index in [2.05, 4.69) is 50.5 Å². The zero-order valence-corrected chi connectivity index (χ0v) is 13.9. The van der Waals surface area contributed by atoms with Gasteiger partial charge in [-0.1, -0.05) is 45.2 Å². The standard InChI is InChI=1S/C19H31NO/c1-4-5-14-21-18-12-10-17(11-13-18)19(20-3)16-8-6-15(2)7-9-16/h10-13,15-16,19-20H,4-9,14H2,1-3H3. The molecule has 0 radical (unpaired) electrons. The van der Waals surface area contributed by atoms with Gasteiger partial charge in [0.05, 0.1) is 6.61 Å². The monoisotopic (exact) mass is 289 g/mol. The van der Waals surface area contributed by atoms with Crippen LogP contribution in [0.25, 0.3) is 0 Å². The third kappa shape index (κ3) is 4.74. The van der Waals surface area contributed by atoms with E-state index in [0.717, 1.165) is 30.6 Å². The molecule has 2 rings (SSSR count). The van der Waals surface area contributed by atoms with E-state index in [1.54, 1.807) is 0 Å². The number of hydrogen-bond acceptors (Lipinski definition) is 2. The van der Waals surface area contributed by atoms with Crippen molar-refractivity contribution in [1.82, 2.24) is 5.32 Å². The lowest BCUT2D eigenvalue weighted by molar-refractivity contribution is 0.238. The van der Waals surface area contributed by atoms with Crippen LogP contribution in [-0.4, -0.2) is 13.7 Å². The van der Waals surface area contributed by atoms with Crippen molar-refractivity contribution in [1.29, 1.82) is 0 Å². The topological polar surface area (TPSA) is 21.3 Å². The van der Waals surface area contributed by atoms with Crippen molar-refractivity contribution in [3.05, 3.63) is 29.8 Å². The molecule has 1 unspecified atom stereocenters. The van der Waals surface area contributed by atoms with Crippen LogP contribution in [0.15, 0.2) is 24.3 Å². The predicted molar refractivity (Wildman–Crippen MR) is 89.8 cm³/mol. The molecule has 0 heterocycles. The minimum absolute atomic E-state index is 0.488. The van der Waals surface area contributed by atoms with Gasteiger partial charge in [-0.05, 0) is 55.8 Å². The molecule has 1 fully saturated rings. The number of nitrogens with one attached hydrogen (secondary N) is 1. The quantitative estimate of drug-likeness (QED) is 0.717. The van der Waals surface area contributed by atoms with Gasteiger partial charge in [-0.15, -0.1) is 0 Å². The predicted octanol–water partition coefficient (Wildman–Crippen LogP) is 4.95. The first kappa shape index (κ1) is 16.4. The largest absolute Gasteiger partial charge is 0.494 e. The highest BCUT2D eigenvalue weighted by Gasteiger charge is 2.26. The maximum atomic E-state index is 5.75. The Bertz CT molecular complexity index is 393. The summed E-state index contributed by atoms with van der Waals surface area (Å²) in [6.45, 7) is 5.40. The van der Waals surface area contributed by atoms with Crippen molar-refractivity contribution in [2.45, 2.75) is 58.4 Å². The molecule has 21 heavy (non-hydrogen) atoms. The van der Waals surface area contributed by atoms with Gasteiger partial charge in [-0.2, -0.15) is 0 Å². The summed E-state index contributed by atoms with van der Waals surface area (Å²) >= 11 is 0. The first-order chi connectivity index (χ1) is 10.2. The summed E-state index contributed by atoms with van der Waals surface area (Å²) < 4.78 is 5.75. The van der Waals surface area contributed by atoms with E-state index in [9.17, 15) is 0 Å². The van der Waals surface area contributed by atoms with E-state index in [1.807, 2.05) is 0 Å². The highest BCUT2D eigenvalue weighted by Crippen LogP contribution is 2.36. The Balaban J connectivity index is 1.95. The molecule has 1 aromatic carbocycles. The second-order valence-electron chi connectivity index (χ2n) is 6.56. The van der Waals surface area contributed by atoms with Gasteiger partial charge < -0.3 is 10.1 Å². The van der Waals surface area contributed by atoms with Gasteiger partial charge in [0.25, 0.3) is 0 Å². The van der Waals surface area contributed by atoms with Gasteiger partial charge in [0.15, 0.2) is 0 Å². The molecule has 0 amide bonds. The van der Waals surface area contributed by atoms with Crippen LogP contribution in [0.2, 0.25) is 0 Å². The van der Waals surface area contributed by atoms with E-state index in [1.165, 1.54) is 37.7 Å². The zero-order chi connectivity index (χ0) is 15.1. The van der Waals surface area contributed by atoms with Crippen molar-refractivity contribution in [2.24, 2.45) is 11.8 Å². The van der Waals surface area contributed by atoms with Crippen LogP contribution in [0.1, 0.15) is 64.0 Å². The smallest absolute Gasteiger partial charge is 0.119 e. The molecule has 0 spiro atoms. The van der Waals surface area contributed by atoms with Crippen molar-refractivity contribution in [3.8, 4) is 5.75 Å². The fourth-order valence-electron chi connectivity index (χ4n) is 3.40. The minimum Gasteiger partial charge on any atom is -0.494 e. The van der Waals surface area contributed by atoms with Crippen LogP contribution >= 0.6 is 0 Å². The van der Waals surface area contributed by atoms with Crippen LogP contribution in [0.3, 0.4) is 0 Å². The third-order valence-corrected chi connectivity index (χ3v) is 4.85. The third-order valence-electron chi connectivity index (χ3n) is 4.85.